The molecule has 0 bridgehead atoms. The molecular formula is C22H19ClN4O2S. The molecule has 0 saturated carbocycles. The number of carbonyl (C=O) groups is 1. The van der Waals surface area contributed by atoms with Crippen LogP contribution in [0.15, 0.2) is 81.6 Å². The summed E-state index contributed by atoms with van der Waals surface area (Å²) in [6.45, 7) is 2.34. The molecule has 0 unspecified atom stereocenters. The Morgan fingerprint density at radius 1 is 1.17 bits per heavy atom. The number of benzene rings is 2. The SMILES string of the molecule is C/C(=N/NC(=O)CSc1nc2ccccc2n1Cc1ccccc1Cl)c1ccco1. The van der Waals surface area contributed by atoms with Crippen LogP contribution in [0.4, 0.5) is 0 Å². The lowest BCUT2D eigenvalue weighted by atomic mass is 10.2. The molecule has 0 aliphatic carbocycles. The molecule has 8 heteroatoms. The molecule has 0 atom stereocenters. The number of rotatable bonds is 7. The zero-order chi connectivity index (χ0) is 20.9. The van der Waals surface area contributed by atoms with Crippen molar-refractivity contribution in [2.75, 3.05) is 5.75 Å². The average molecular weight is 439 g/mol. The number of amides is 1. The summed E-state index contributed by atoms with van der Waals surface area (Å²) in [7, 11) is 0. The molecule has 0 aliphatic heterocycles. The van der Waals surface area contributed by atoms with Gasteiger partial charge in [0.15, 0.2) is 5.16 Å². The Hall–Kier alpha value is -3.03. The van der Waals surface area contributed by atoms with E-state index >= 15 is 0 Å². The Balaban J connectivity index is 1.50. The molecule has 0 radical (unpaired) electrons. The van der Waals surface area contributed by atoms with Crippen molar-refractivity contribution in [2.24, 2.45) is 5.10 Å². The lowest BCUT2D eigenvalue weighted by Crippen LogP contribution is -2.21. The largest absolute Gasteiger partial charge is 0.463 e. The van der Waals surface area contributed by atoms with Crippen LogP contribution in [0.25, 0.3) is 11.0 Å². The Bertz CT molecular complexity index is 1200. The third-order valence-corrected chi connectivity index (χ3v) is 5.81. The standard InChI is InChI=1S/C22H19ClN4O2S/c1-15(20-11-6-12-29-20)25-26-21(28)14-30-22-24-18-9-4-5-10-19(18)27(22)13-16-7-2-3-8-17(16)23/h2-12H,13-14H2,1H3,(H,26,28)/b25-15-. The van der Waals surface area contributed by atoms with Crippen LogP contribution in [0.2, 0.25) is 5.02 Å². The Labute approximate surface area is 182 Å². The Morgan fingerprint density at radius 3 is 2.77 bits per heavy atom. The van der Waals surface area contributed by atoms with Gasteiger partial charge in [-0.1, -0.05) is 53.7 Å². The fourth-order valence-electron chi connectivity index (χ4n) is 2.96. The van der Waals surface area contributed by atoms with Crippen molar-refractivity contribution in [1.29, 1.82) is 0 Å². The second-order valence-electron chi connectivity index (χ2n) is 6.56. The molecule has 2 aromatic heterocycles. The highest BCUT2D eigenvalue weighted by Crippen LogP contribution is 2.27. The molecule has 152 valence electrons. The number of hydrogen-bond donors (Lipinski definition) is 1. The van der Waals surface area contributed by atoms with Crippen molar-refractivity contribution in [3.05, 3.63) is 83.3 Å². The highest BCUT2D eigenvalue weighted by atomic mass is 35.5. The van der Waals surface area contributed by atoms with Gasteiger partial charge in [0.2, 0.25) is 0 Å². The number of furan rings is 1. The topological polar surface area (TPSA) is 72.4 Å². The zero-order valence-corrected chi connectivity index (χ0v) is 17.8. The predicted molar refractivity (Wildman–Crippen MR) is 120 cm³/mol. The fraction of sp³-hybridized carbons (Fsp3) is 0.136. The highest BCUT2D eigenvalue weighted by molar-refractivity contribution is 7.99. The van der Waals surface area contributed by atoms with Crippen LogP contribution in [0, 0.1) is 0 Å². The number of carbonyl (C=O) groups excluding carboxylic acids is 1. The molecule has 1 N–H and O–H groups in total. The van der Waals surface area contributed by atoms with Crippen molar-refractivity contribution in [3.63, 3.8) is 0 Å². The minimum atomic E-state index is -0.220. The maximum Gasteiger partial charge on any atom is 0.250 e. The highest BCUT2D eigenvalue weighted by Gasteiger charge is 2.14. The summed E-state index contributed by atoms with van der Waals surface area (Å²) < 4.78 is 7.34. The van der Waals surface area contributed by atoms with E-state index in [2.05, 4.69) is 15.1 Å². The number of para-hydroxylation sites is 2. The van der Waals surface area contributed by atoms with Gasteiger partial charge in [0.1, 0.15) is 11.5 Å². The number of nitrogens with one attached hydrogen (secondary N) is 1. The van der Waals surface area contributed by atoms with E-state index in [1.807, 2.05) is 48.5 Å². The zero-order valence-electron chi connectivity index (χ0n) is 16.2. The van der Waals surface area contributed by atoms with Crippen LogP contribution in [-0.4, -0.2) is 26.9 Å². The van der Waals surface area contributed by atoms with Crippen molar-refractivity contribution in [1.82, 2.24) is 15.0 Å². The lowest BCUT2D eigenvalue weighted by molar-refractivity contribution is -0.118. The molecule has 4 aromatic rings. The van der Waals surface area contributed by atoms with Crippen molar-refractivity contribution in [3.8, 4) is 0 Å². The number of thioether (sulfide) groups is 1. The monoisotopic (exact) mass is 438 g/mol. The molecule has 4 rings (SSSR count). The number of halogens is 1. The van der Waals surface area contributed by atoms with Crippen molar-refractivity contribution >= 4 is 46.0 Å². The van der Waals surface area contributed by atoms with Crippen LogP contribution >= 0.6 is 23.4 Å². The molecule has 2 heterocycles. The summed E-state index contributed by atoms with van der Waals surface area (Å²) in [5.41, 5.74) is 6.02. The second-order valence-corrected chi connectivity index (χ2v) is 7.91. The van der Waals surface area contributed by atoms with Gasteiger partial charge in [-0.3, -0.25) is 4.79 Å². The minimum Gasteiger partial charge on any atom is -0.463 e. The number of hydrazone groups is 1. The van der Waals surface area contributed by atoms with Crippen LogP contribution in [0.5, 0.6) is 0 Å². The summed E-state index contributed by atoms with van der Waals surface area (Å²) >= 11 is 7.72. The van der Waals surface area contributed by atoms with Gasteiger partial charge in [0.25, 0.3) is 5.91 Å². The smallest absolute Gasteiger partial charge is 0.250 e. The summed E-state index contributed by atoms with van der Waals surface area (Å²) in [6, 6.07) is 19.2. The maximum absolute atomic E-state index is 12.3. The van der Waals surface area contributed by atoms with Crippen LogP contribution in [0.1, 0.15) is 18.2 Å². The van der Waals surface area contributed by atoms with E-state index in [1.54, 1.807) is 25.3 Å². The van der Waals surface area contributed by atoms with E-state index in [4.69, 9.17) is 21.0 Å². The number of nitrogens with zero attached hydrogens (tertiary/aromatic N) is 3. The van der Waals surface area contributed by atoms with Gasteiger partial charge in [-0.15, -0.1) is 0 Å². The van der Waals surface area contributed by atoms with Crippen LogP contribution in [-0.2, 0) is 11.3 Å². The second kappa shape index (κ2) is 9.19. The first-order valence-electron chi connectivity index (χ1n) is 9.30. The molecule has 0 fully saturated rings. The van der Waals surface area contributed by atoms with Gasteiger partial charge in [0, 0.05) is 5.02 Å². The normalized spacial score (nSPS) is 11.7. The summed E-state index contributed by atoms with van der Waals surface area (Å²) in [4.78, 5) is 17.0. The van der Waals surface area contributed by atoms with Gasteiger partial charge in [0.05, 0.1) is 29.6 Å². The van der Waals surface area contributed by atoms with Crippen molar-refractivity contribution in [2.45, 2.75) is 18.6 Å². The Morgan fingerprint density at radius 2 is 1.97 bits per heavy atom. The van der Waals surface area contributed by atoms with Gasteiger partial charge in [-0.25, -0.2) is 10.4 Å². The van der Waals surface area contributed by atoms with E-state index in [9.17, 15) is 4.79 Å². The van der Waals surface area contributed by atoms with Gasteiger partial charge < -0.3 is 8.98 Å². The molecule has 0 aliphatic rings. The third-order valence-electron chi connectivity index (χ3n) is 4.46. The molecule has 0 spiro atoms. The first kappa shape index (κ1) is 20.3. The number of hydrogen-bond acceptors (Lipinski definition) is 5. The fourth-order valence-corrected chi connectivity index (χ4v) is 3.96. The molecular weight excluding hydrogens is 420 g/mol. The number of fused-ring (bicyclic) bond motifs is 1. The van der Waals surface area contributed by atoms with E-state index in [0.29, 0.717) is 23.0 Å². The summed E-state index contributed by atoms with van der Waals surface area (Å²) in [5.74, 6) is 0.576. The quantitative estimate of drug-likeness (QED) is 0.251. The van der Waals surface area contributed by atoms with E-state index in [1.165, 1.54) is 11.8 Å². The molecule has 1 amide bonds. The van der Waals surface area contributed by atoms with Crippen LogP contribution in [0.3, 0.4) is 0 Å². The first-order chi connectivity index (χ1) is 14.6. The lowest BCUT2D eigenvalue weighted by Gasteiger charge is -2.10. The molecule has 0 saturated heterocycles. The minimum absolute atomic E-state index is 0.181. The van der Waals surface area contributed by atoms with Gasteiger partial charge in [-0.05, 0) is 42.8 Å². The third kappa shape index (κ3) is 4.58. The maximum atomic E-state index is 12.3. The van der Waals surface area contributed by atoms with Crippen LogP contribution < -0.4 is 5.43 Å². The average Bonchev–Trinajstić information content (AvgIpc) is 3.41. The van der Waals surface area contributed by atoms with E-state index in [-0.39, 0.29) is 11.7 Å². The first-order valence-corrected chi connectivity index (χ1v) is 10.7. The van der Waals surface area contributed by atoms with Gasteiger partial charge in [-0.2, -0.15) is 5.10 Å². The summed E-state index contributed by atoms with van der Waals surface area (Å²) in [5, 5.41) is 5.54. The summed E-state index contributed by atoms with van der Waals surface area (Å²) in [6.07, 6.45) is 1.56. The predicted octanol–water partition coefficient (Wildman–Crippen LogP) is 4.96. The molecule has 2 aromatic carbocycles. The molecule has 6 nitrogen and oxygen atoms in total. The van der Waals surface area contributed by atoms with E-state index in [0.717, 1.165) is 21.8 Å². The van der Waals surface area contributed by atoms with Gasteiger partial charge >= 0.3 is 0 Å². The van der Waals surface area contributed by atoms with Crippen molar-refractivity contribution < 1.29 is 9.21 Å². The van der Waals surface area contributed by atoms with E-state index < -0.39 is 0 Å². The Kier molecular flexibility index (Phi) is 6.21. The number of imidazole rings is 1. The molecule has 30 heavy (non-hydrogen) atoms. The number of aromatic nitrogens is 2.